The smallest absolute Gasteiger partial charge is 0.338 e. The van der Waals surface area contributed by atoms with Crippen LogP contribution in [0.4, 0.5) is 10.5 Å². The number of urea groups is 1. The lowest BCUT2D eigenvalue weighted by Crippen LogP contribution is -2.44. The number of nitrogens with one attached hydrogen (secondary N) is 3. The monoisotopic (exact) mass is 302 g/mol. The molecule has 0 aliphatic rings. The number of hydrogen-bond acceptors (Lipinski definition) is 6. The minimum Gasteiger partial charge on any atom is -0.506 e. The van der Waals surface area contributed by atoms with Gasteiger partial charge in [-0.1, -0.05) is 12.1 Å². The Kier molecular flexibility index (Phi) is 4.83. The van der Waals surface area contributed by atoms with E-state index in [2.05, 4.69) is 26.1 Å². The summed E-state index contributed by atoms with van der Waals surface area (Å²) in [6, 6.07) is 3.94. The molecule has 9 heteroatoms. The van der Waals surface area contributed by atoms with Gasteiger partial charge in [0.15, 0.2) is 0 Å². The van der Waals surface area contributed by atoms with Crippen LogP contribution in [-0.2, 0) is 6.54 Å². The van der Waals surface area contributed by atoms with Crippen LogP contribution in [0.1, 0.15) is 16.1 Å². The number of nitrogens with two attached hydrogens (primary N) is 1. The molecular formula is C13H14N6O3. The topological polar surface area (TPSA) is 142 Å². The molecule has 9 nitrogen and oxygen atoms in total. The highest BCUT2D eigenvalue weighted by atomic mass is 16.3. The predicted molar refractivity (Wildman–Crippen MR) is 77.7 cm³/mol. The zero-order chi connectivity index (χ0) is 15.9. The SMILES string of the molecule is NCc1cccc(O)c1NC(=O)NNC(=O)c1cnccn1. The van der Waals surface area contributed by atoms with Crippen molar-refractivity contribution in [3.8, 4) is 5.75 Å². The number of carbonyl (C=O) groups is 2. The normalized spacial score (nSPS) is 9.86. The van der Waals surface area contributed by atoms with E-state index in [1.807, 2.05) is 0 Å². The third-order valence-electron chi connectivity index (χ3n) is 2.67. The molecule has 0 spiro atoms. The van der Waals surface area contributed by atoms with Gasteiger partial charge in [-0.05, 0) is 11.6 Å². The highest BCUT2D eigenvalue weighted by molar-refractivity contribution is 5.96. The van der Waals surface area contributed by atoms with Crippen LogP contribution >= 0.6 is 0 Å². The fraction of sp³-hybridized carbons (Fsp3) is 0.0769. The minimum atomic E-state index is -0.742. The van der Waals surface area contributed by atoms with Crippen LogP contribution in [0.25, 0.3) is 0 Å². The predicted octanol–water partition coefficient (Wildman–Crippen LogP) is 0.107. The molecule has 1 aromatic heterocycles. The highest BCUT2D eigenvalue weighted by Gasteiger charge is 2.12. The maximum Gasteiger partial charge on any atom is 0.338 e. The quantitative estimate of drug-likeness (QED) is 0.402. The fourth-order valence-electron chi connectivity index (χ4n) is 1.64. The van der Waals surface area contributed by atoms with Crippen molar-refractivity contribution in [3.05, 3.63) is 48.0 Å². The summed E-state index contributed by atoms with van der Waals surface area (Å²) in [7, 11) is 0. The molecule has 1 heterocycles. The maximum absolute atomic E-state index is 11.7. The van der Waals surface area contributed by atoms with Crippen molar-refractivity contribution in [1.29, 1.82) is 0 Å². The number of anilines is 1. The molecule has 114 valence electrons. The summed E-state index contributed by atoms with van der Waals surface area (Å²) in [5, 5.41) is 12.1. The van der Waals surface area contributed by atoms with Gasteiger partial charge in [0.05, 0.1) is 11.9 Å². The Morgan fingerprint density at radius 1 is 1.23 bits per heavy atom. The lowest BCUT2D eigenvalue weighted by molar-refractivity contribution is 0.0932. The third-order valence-corrected chi connectivity index (χ3v) is 2.67. The van der Waals surface area contributed by atoms with Crippen LogP contribution in [-0.4, -0.2) is 27.0 Å². The first-order chi connectivity index (χ1) is 10.6. The number of aromatic nitrogens is 2. The Hall–Kier alpha value is -3.20. The number of phenols is 1. The number of benzene rings is 1. The van der Waals surface area contributed by atoms with E-state index in [4.69, 9.17) is 5.73 Å². The molecule has 0 saturated heterocycles. The Morgan fingerprint density at radius 2 is 2.05 bits per heavy atom. The molecule has 0 aliphatic heterocycles. The molecular weight excluding hydrogens is 288 g/mol. The van der Waals surface area contributed by atoms with Gasteiger partial charge in [-0.2, -0.15) is 0 Å². The molecule has 0 fully saturated rings. The molecule has 6 N–H and O–H groups in total. The highest BCUT2D eigenvalue weighted by Crippen LogP contribution is 2.26. The molecule has 2 rings (SSSR count). The van der Waals surface area contributed by atoms with Crippen molar-refractivity contribution in [3.63, 3.8) is 0 Å². The number of phenolic OH excluding ortho intramolecular Hbond substituents is 1. The molecule has 22 heavy (non-hydrogen) atoms. The van der Waals surface area contributed by atoms with E-state index >= 15 is 0 Å². The summed E-state index contributed by atoms with van der Waals surface area (Å²) >= 11 is 0. The van der Waals surface area contributed by atoms with Gasteiger partial charge in [-0.25, -0.2) is 15.2 Å². The molecule has 0 radical (unpaired) electrons. The van der Waals surface area contributed by atoms with E-state index < -0.39 is 11.9 Å². The summed E-state index contributed by atoms with van der Waals surface area (Å²) in [4.78, 5) is 30.9. The number of aromatic hydroxyl groups is 1. The van der Waals surface area contributed by atoms with E-state index in [-0.39, 0.29) is 23.7 Å². The lowest BCUT2D eigenvalue weighted by atomic mass is 10.1. The van der Waals surface area contributed by atoms with Crippen molar-refractivity contribution < 1.29 is 14.7 Å². The van der Waals surface area contributed by atoms with Crippen LogP contribution in [0.15, 0.2) is 36.8 Å². The van der Waals surface area contributed by atoms with Crippen molar-refractivity contribution >= 4 is 17.6 Å². The fourth-order valence-corrected chi connectivity index (χ4v) is 1.64. The first kappa shape index (κ1) is 15.2. The maximum atomic E-state index is 11.7. The van der Waals surface area contributed by atoms with Crippen LogP contribution in [0.3, 0.4) is 0 Å². The largest absolute Gasteiger partial charge is 0.506 e. The first-order valence-corrected chi connectivity index (χ1v) is 6.26. The van der Waals surface area contributed by atoms with Crippen LogP contribution in [0.5, 0.6) is 5.75 Å². The van der Waals surface area contributed by atoms with E-state index in [1.165, 1.54) is 24.7 Å². The summed E-state index contributed by atoms with van der Waals surface area (Å²) in [6.45, 7) is 0.135. The Morgan fingerprint density at radius 3 is 2.73 bits per heavy atom. The number of hydrazine groups is 1. The van der Waals surface area contributed by atoms with E-state index in [9.17, 15) is 14.7 Å². The summed E-state index contributed by atoms with van der Waals surface area (Å²) < 4.78 is 0. The van der Waals surface area contributed by atoms with Crippen LogP contribution in [0.2, 0.25) is 0 Å². The zero-order valence-corrected chi connectivity index (χ0v) is 11.4. The Labute approximate surface area is 125 Å². The molecule has 0 saturated carbocycles. The Bertz CT molecular complexity index is 677. The van der Waals surface area contributed by atoms with Crippen molar-refractivity contribution in [2.75, 3.05) is 5.32 Å². The third kappa shape index (κ3) is 3.67. The van der Waals surface area contributed by atoms with Gasteiger partial charge in [0.25, 0.3) is 5.91 Å². The summed E-state index contributed by atoms with van der Waals surface area (Å²) in [5.74, 6) is -0.752. The van der Waals surface area contributed by atoms with Gasteiger partial charge in [0, 0.05) is 18.9 Å². The van der Waals surface area contributed by atoms with Crippen LogP contribution < -0.4 is 21.9 Å². The zero-order valence-electron chi connectivity index (χ0n) is 11.4. The van der Waals surface area contributed by atoms with E-state index in [0.29, 0.717) is 5.56 Å². The molecule has 0 atom stereocenters. The van der Waals surface area contributed by atoms with Gasteiger partial charge >= 0.3 is 6.03 Å². The van der Waals surface area contributed by atoms with Gasteiger partial charge in [0.1, 0.15) is 11.4 Å². The molecule has 0 bridgehead atoms. The molecule has 0 unspecified atom stereocenters. The summed E-state index contributed by atoms with van der Waals surface area (Å²) in [6.07, 6.45) is 4.03. The number of rotatable bonds is 3. The molecule has 0 aliphatic carbocycles. The average molecular weight is 302 g/mol. The van der Waals surface area contributed by atoms with Gasteiger partial charge < -0.3 is 16.2 Å². The number of hydrogen-bond donors (Lipinski definition) is 5. The van der Waals surface area contributed by atoms with Gasteiger partial charge in [-0.15, -0.1) is 0 Å². The second-order valence-electron chi connectivity index (χ2n) is 4.14. The van der Waals surface area contributed by atoms with Crippen molar-refractivity contribution in [2.24, 2.45) is 5.73 Å². The standard InChI is InChI=1S/C13H14N6O3/c14-6-8-2-1-3-10(20)11(8)17-13(22)19-18-12(21)9-7-15-4-5-16-9/h1-5,7,20H,6,14H2,(H,18,21)(H2,17,19,22). The number of carbonyl (C=O) groups excluding carboxylic acids is 2. The number of nitrogens with zero attached hydrogens (tertiary/aromatic N) is 2. The number of para-hydroxylation sites is 1. The van der Waals surface area contributed by atoms with Gasteiger partial charge in [-0.3, -0.25) is 15.2 Å². The van der Waals surface area contributed by atoms with Crippen LogP contribution in [0, 0.1) is 0 Å². The molecule has 2 aromatic rings. The van der Waals surface area contributed by atoms with E-state index in [0.717, 1.165) is 0 Å². The molecule has 1 aromatic carbocycles. The number of amides is 3. The van der Waals surface area contributed by atoms with Crippen molar-refractivity contribution in [2.45, 2.75) is 6.54 Å². The Balaban J connectivity index is 1.95. The van der Waals surface area contributed by atoms with Crippen molar-refractivity contribution in [1.82, 2.24) is 20.8 Å². The van der Waals surface area contributed by atoms with E-state index in [1.54, 1.807) is 12.1 Å². The second kappa shape index (κ2) is 6.99. The first-order valence-electron chi connectivity index (χ1n) is 6.26. The average Bonchev–Trinajstić information content (AvgIpc) is 2.55. The summed E-state index contributed by atoms with van der Waals surface area (Å²) in [5.41, 5.74) is 10.6. The molecule has 3 amide bonds. The second-order valence-corrected chi connectivity index (χ2v) is 4.14. The van der Waals surface area contributed by atoms with Gasteiger partial charge in [0.2, 0.25) is 0 Å². The lowest BCUT2D eigenvalue weighted by Gasteiger charge is -2.12. The minimum absolute atomic E-state index is 0.0491.